The van der Waals surface area contributed by atoms with Gasteiger partial charge in [0.05, 0.1) is 0 Å². The number of rotatable bonds is 2. The van der Waals surface area contributed by atoms with Gasteiger partial charge in [-0.2, -0.15) is 0 Å². The summed E-state index contributed by atoms with van der Waals surface area (Å²) < 4.78 is 0. The van der Waals surface area contributed by atoms with Crippen molar-refractivity contribution >= 4 is 11.9 Å². The highest BCUT2D eigenvalue weighted by molar-refractivity contribution is 5.54. The van der Waals surface area contributed by atoms with Crippen molar-refractivity contribution in [2.24, 2.45) is 5.41 Å². The maximum atomic E-state index is 4.51. The Bertz CT molecular complexity index is 439. The van der Waals surface area contributed by atoms with E-state index in [2.05, 4.69) is 39.5 Å². The van der Waals surface area contributed by atoms with E-state index in [9.17, 15) is 0 Å². The summed E-state index contributed by atoms with van der Waals surface area (Å²) in [5, 5.41) is 3.41. The molecule has 0 aliphatic carbocycles. The van der Waals surface area contributed by atoms with Gasteiger partial charge in [0.2, 0.25) is 0 Å². The number of anilines is 1. The van der Waals surface area contributed by atoms with Crippen LogP contribution in [0.25, 0.3) is 6.08 Å². The highest BCUT2D eigenvalue weighted by Crippen LogP contribution is 2.36. The van der Waals surface area contributed by atoms with Crippen LogP contribution >= 0.6 is 0 Å². The van der Waals surface area contributed by atoms with Gasteiger partial charge in [0.25, 0.3) is 0 Å². The van der Waals surface area contributed by atoms with Gasteiger partial charge < -0.3 is 10.2 Å². The molecule has 0 amide bonds. The van der Waals surface area contributed by atoms with E-state index in [-0.39, 0.29) is 0 Å². The molecule has 3 heterocycles. The second kappa shape index (κ2) is 4.73. The molecule has 2 fully saturated rings. The summed E-state index contributed by atoms with van der Waals surface area (Å²) in [6.07, 6.45) is 8.72. The Balaban J connectivity index is 1.70. The largest absolute Gasteiger partial charge is 0.357 e. The summed E-state index contributed by atoms with van der Waals surface area (Å²) in [5.74, 6) is 1.13. The Morgan fingerprint density at radius 3 is 2.72 bits per heavy atom. The van der Waals surface area contributed by atoms with E-state index in [0.29, 0.717) is 5.41 Å². The van der Waals surface area contributed by atoms with Crippen LogP contribution in [0.4, 0.5) is 5.82 Å². The number of hydrogen-bond donors (Lipinski definition) is 1. The van der Waals surface area contributed by atoms with E-state index in [1.807, 2.05) is 13.1 Å². The van der Waals surface area contributed by atoms with Gasteiger partial charge in [0.15, 0.2) is 0 Å². The Hall–Kier alpha value is -1.35. The molecular formula is C15H21N3. The SMILES string of the molecule is C/C=C/c1ccnc(N2CCC3(CC2)CNC3)c1. The van der Waals surface area contributed by atoms with E-state index in [0.717, 1.165) is 18.9 Å². The van der Waals surface area contributed by atoms with Crippen molar-refractivity contribution in [1.82, 2.24) is 10.3 Å². The fraction of sp³-hybridized carbons (Fsp3) is 0.533. The third-order valence-electron chi connectivity index (χ3n) is 4.28. The molecule has 18 heavy (non-hydrogen) atoms. The monoisotopic (exact) mass is 243 g/mol. The van der Waals surface area contributed by atoms with Crippen LogP contribution in [0.1, 0.15) is 25.3 Å². The number of allylic oxidation sites excluding steroid dienone is 1. The van der Waals surface area contributed by atoms with Crippen molar-refractivity contribution in [3.8, 4) is 0 Å². The van der Waals surface area contributed by atoms with E-state index in [1.54, 1.807) is 0 Å². The third-order valence-corrected chi connectivity index (χ3v) is 4.28. The van der Waals surface area contributed by atoms with E-state index >= 15 is 0 Å². The number of aromatic nitrogens is 1. The van der Waals surface area contributed by atoms with Crippen LogP contribution in [-0.2, 0) is 0 Å². The van der Waals surface area contributed by atoms with Gasteiger partial charge in [-0.15, -0.1) is 0 Å². The number of pyridine rings is 1. The van der Waals surface area contributed by atoms with Gasteiger partial charge >= 0.3 is 0 Å². The van der Waals surface area contributed by atoms with E-state index < -0.39 is 0 Å². The molecule has 1 aromatic rings. The maximum Gasteiger partial charge on any atom is 0.129 e. The fourth-order valence-corrected chi connectivity index (χ4v) is 2.95. The van der Waals surface area contributed by atoms with Gasteiger partial charge in [-0.25, -0.2) is 4.98 Å². The van der Waals surface area contributed by atoms with Crippen LogP contribution < -0.4 is 10.2 Å². The minimum atomic E-state index is 0.609. The van der Waals surface area contributed by atoms with Gasteiger partial charge in [-0.05, 0) is 42.9 Å². The first-order valence-corrected chi connectivity index (χ1v) is 6.86. The van der Waals surface area contributed by atoms with Crippen LogP contribution in [0.3, 0.4) is 0 Å². The normalized spacial score (nSPS) is 22.4. The average molecular weight is 243 g/mol. The van der Waals surface area contributed by atoms with Crippen molar-refractivity contribution < 1.29 is 0 Å². The lowest BCUT2D eigenvalue weighted by atomic mass is 9.73. The third kappa shape index (κ3) is 2.15. The van der Waals surface area contributed by atoms with Gasteiger partial charge in [0, 0.05) is 32.4 Å². The smallest absolute Gasteiger partial charge is 0.129 e. The van der Waals surface area contributed by atoms with Gasteiger partial charge in [-0.1, -0.05) is 12.2 Å². The second-order valence-corrected chi connectivity index (χ2v) is 5.54. The molecule has 0 radical (unpaired) electrons. The van der Waals surface area contributed by atoms with Crippen LogP contribution in [0.15, 0.2) is 24.4 Å². The molecule has 3 heteroatoms. The molecule has 1 spiro atoms. The number of piperidine rings is 1. The molecule has 3 nitrogen and oxygen atoms in total. The average Bonchev–Trinajstić information content (AvgIpc) is 2.38. The number of nitrogens with zero attached hydrogens (tertiary/aromatic N) is 2. The van der Waals surface area contributed by atoms with Crippen molar-refractivity contribution in [3.63, 3.8) is 0 Å². The highest BCUT2D eigenvalue weighted by Gasteiger charge is 2.39. The molecule has 96 valence electrons. The Morgan fingerprint density at radius 1 is 1.33 bits per heavy atom. The van der Waals surface area contributed by atoms with Crippen molar-refractivity contribution in [3.05, 3.63) is 30.0 Å². The molecule has 2 saturated heterocycles. The first-order chi connectivity index (χ1) is 8.81. The lowest BCUT2D eigenvalue weighted by Gasteiger charge is -2.48. The second-order valence-electron chi connectivity index (χ2n) is 5.54. The zero-order valence-electron chi connectivity index (χ0n) is 11.0. The molecule has 0 aromatic carbocycles. The van der Waals surface area contributed by atoms with Crippen LogP contribution in [0.2, 0.25) is 0 Å². The lowest BCUT2D eigenvalue weighted by molar-refractivity contribution is 0.126. The summed E-state index contributed by atoms with van der Waals surface area (Å²) in [7, 11) is 0. The summed E-state index contributed by atoms with van der Waals surface area (Å²) in [5.41, 5.74) is 1.85. The quantitative estimate of drug-likeness (QED) is 0.864. The molecule has 0 bridgehead atoms. The summed E-state index contributed by atoms with van der Waals surface area (Å²) in [6.45, 7) is 6.77. The van der Waals surface area contributed by atoms with Crippen LogP contribution in [-0.4, -0.2) is 31.2 Å². The topological polar surface area (TPSA) is 28.2 Å². The number of hydrogen-bond acceptors (Lipinski definition) is 3. The lowest BCUT2D eigenvalue weighted by Crippen LogP contribution is -2.58. The zero-order valence-corrected chi connectivity index (χ0v) is 11.0. The molecule has 0 saturated carbocycles. The van der Waals surface area contributed by atoms with Crippen molar-refractivity contribution in [2.45, 2.75) is 19.8 Å². The molecule has 0 atom stereocenters. The van der Waals surface area contributed by atoms with Gasteiger partial charge in [0.1, 0.15) is 5.82 Å². The minimum Gasteiger partial charge on any atom is -0.357 e. The molecule has 0 unspecified atom stereocenters. The fourth-order valence-electron chi connectivity index (χ4n) is 2.95. The molecule has 2 aliphatic heterocycles. The minimum absolute atomic E-state index is 0.609. The van der Waals surface area contributed by atoms with Crippen LogP contribution in [0.5, 0.6) is 0 Å². The van der Waals surface area contributed by atoms with E-state index in [4.69, 9.17) is 0 Å². The highest BCUT2D eigenvalue weighted by atomic mass is 15.2. The molecule has 3 rings (SSSR count). The summed E-state index contributed by atoms with van der Waals surface area (Å²) in [6, 6.07) is 4.25. The molecule has 1 aromatic heterocycles. The predicted molar refractivity (Wildman–Crippen MR) is 75.7 cm³/mol. The first-order valence-electron chi connectivity index (χ1n) is 6.86. The molecule has 2 aliphatic rings. The Morgan fingerprint density at radius 2 is 2.11 bits per heavy atom. The van der Waals surface area contributed by atoms with Crippen LogP contribution in [0, 0.1) is 5.41 Å². The maximum absolute atomic E-state index is 4.51. The molecular weight excluding hydrogens is 222 g/mol. The zero-order chi connectivity index (χ0) is 12.4. The summed E-state index contributed by atoms with van der Waals surface area (Å²) in [4.78, 5) is 6.94. The predicted octanol–water partition coefficient (Wildman–Crippen LogP) is 2.30. The van der Waals surface area contributed by atoms with Gasteiger partial charge in [-0.3, -0.25) is 0 Å². The number of nitrogens with one attached hydrogen (secondary N) is 1. The van der Waals surface area contributed by atoms with Crippen molar-refractivity contribution in [1.29, 1.82) is 0 Å². The standard InChI is InChI=1S/C15H21N3/c1-2-3-13-4-7-17-14(10-13)18-8-5-15(6-9-18)11-16-12-15/h2-4,7,10,16H,5-6,8-9,11-12H2,1H3/b3-2+. The van der Waals surface area contributed by atoms with Crippen molar-refractivity contribution in [2.75, 3.05) is 31.1 Å². The first kappa shape index (κ1) is 11.7. The van der Waals surface area contributed by atoms with E-state index in [1.165, 1.54) is 31.5 Å². The summed E-state index contributed by atoms with van der Waals surface area (Å²) >= 11 is 0. The Kier molecular flexibility index (Phi) is 3.08. The Labute approximate surface area is 109 Å². The molecule has 1 N–H and O–H groups in total.